The highest BCUT2D eigenvalue weighted by Gasteiger charge is 2.17. The number of nitrogens with zero attached hydrogens (tertiary/aromatic N) is 3. The van der Waals surface area contributed by atoms with Crippen LogP contribution in [0.3, 0.4) is 0 Å². The third-order valence-electron chi connectivity index (χ3n) is 3.93. The van der Waals surface area contributed by atoms with Crippen molar-refractivity contribution in [3.63, 3.8) is 0 Å². The lowest BCUT2D eigenvalue weighted by atomic mass is 10.2. The number of hydrogen-bond acceptors (Lipinski definition) is 3. The van der Waals surface area contributed by atoms with Gasteiger partial charge in [-0.1, -0.05) is 38.8 Å². The molecule has 0 spiro atoms. The highest BCUT2D eigenvalue weighted by Crippen LogP contribution is 2.21. The molecule has 8 heteroatoms. The van der Waals surface area contributed by atoms with Crippen molar-refractivity contribution in [2.75, 3.05) is 0 Å². The normalized spacial score (nSPS) is 10.8. The van der Waals surface area contributed by atoms with Crippen LogP contribution in [0.5, 0.6) is 0 Å². The Hall–Kier alpha value is -2.25. The number of nitrogens with one attached hydrogen (secondary N) is 1. The smallest absolute Gasteiger partial charge is 0.274 e. The molecule has 0 fully saturated rings. The van der Waals surface area contributed by atoms with Gasteiger partial charge in [0.05, 0.1) is 16.4 Å². The number of carbonyl (C=O) groups is 1. The predicted molar refractivity (Wildman–Crippen MR) is 101 cm³/mol. The molecule has 0 bridgehead atoms. The fourth-order valence-corrected chi connectivity index (χ4v) is 2.91. The molecule has 0 aliphatic heterocycles. The van der Waals surface area contributed by atoms with Gasteiger partial charge >= 0.3 is 0 Å². The molecule has 0 unspecified atom stereocenters. The molecule has 134 valence electrons. The van der Waals surface area contributed by atoms with Gasteiger partial charge in [-0.25, -0.2) is 9.07 Å². The van der Waals surface area contributed by atoms with E-state index in [4.69, 9.17) is 11.6 Å². The zero-order valence-corrected chi connectivity index (χ0v) is 16.4. The quantitative estimate of drug-likeness (QED) is 0.659. The van der Waals surface area contributed by atoms with Crippen molar-refractivity contribution in [1.29, 1.82) is 0 Å². The number of amides is 1. The van der Waals surface area contributed by atoms with E-state index in [2.05, 4.69) is 31.6 Å². The fourth-order valence-electron chi connectivity index (χ4n) is 2.46. The van der Waals surface area contributed by atoms with Gasteiger partial charge in [-0.15, -0.1) is 5.10 Å². The third kappa shape index (κ3) is 3.78. The molecule has 0 aliphatic rings. The van der Waals surface area contributed by atoms with E-state index in [-0.39, 0.29) is 23.2 Å². The second kappa shape index (κ2) is 7.55. The number of aryl methyl sites for hydroxylation is 1. The molecule has 5 nitrogen and oxygen atoms in total. The standard InChI is InChI=1S/C18H15BrClFN4O/c1-10-7-13(4-5-14(10)19)25-11(2)17(23-24-25)18(26)22-9-12-3-6-16(21)15(20)8-12/h3-8H,9H2,1-2H3,(H,22,26). The van der Waals surface area contributed by atoms with Crippen LogP contribution >= 0.6 is 27.5 Å². The summed E-state index contributed by atoms with van der Waals surface area (Å²) in [7, 11) is 0. The summed E-state index contributed by atoms with van der Waals surface area (Å²) in [4.78, 5) is 12.4. The van der Waals surface area contributed by atoms with Crippen LogP contribution in [0.15, 0.2) is 40.9 Å². The number of hydrogen-bond donors (Lipinski definition) is 1. The van der Waals surface area contributed by atoms with E-state index in [1.54, 1.807) is 17.7 Å². The third-order valence-corrected chi connectivity index (χ3v) is 5.11. The zero-order valence-electron chi connectivity index (χ0n) is 14.1. The van der Waals surface area contributed by atoms with Crippen LogP contribution in [0.2, 0.25) is 5.02 Å². The summed E-state index contributed by atoms with van der Waals surface area (Å²) >= 11 is 9.21. The maximum Gasteiger partial charge on any atom is 0.274 e. The molecule has 0 aliphatic carbocycles. The predicted octanol–water partition coefficient (Wildman–Crippen LogP) is 4.37. The van der Waals surface area contributed by atoms with Gasteiger partial charge in [0.15, 0.2) is 5.69 Å². The molecule has 0 atom stereocenters. The molecular formula is C18H15BrClFN4O. The van der Waals surface area contributed by atoms with Gasteiger partial charge in [-0.3, -0.25) is 4.79 Å². The van der Waals surface area contributed by atoms with Crippen LogP contribution in [0.25, 0.3) is 5.69 Å². The maximum atomic E-state index is 13.2. The Kier molecular flexibility index (Phi) is 5.38. The van der Waals surface area contributed by atoms with Crippen molar-refractivity contribution in [2.24, 2.45) is 0 Å². The second-order valence-corrected chi connectivity index (χ2v) is 7.06. The first kappa shape index (κ1) is 18.5. The lowest BCUT2D eigenvalue weighted by Crippen LogP contribution is -2.24. The molecule has 0 saturated carbocycles. The summed E-state index contributed by atoms with van der Waals surface area (Å²) < 4.78 is 15.8. The Labute approximate surface area is 163 Å². The second-order valence-electron chi connectivity index (χ2n) is 5.80. The van der Waals surface area contributed by atoms with E-state index in [1.807, 2.05) is 25.1 Å². The molecule has 3 aromatic rings. The Morgan fingerprint density at radius 2 is 2.04 bits per heavy atom. The molecule has 1 amide bonds. The molecule has 1 heterocycles. The van der Waals surface area contributed by atoms with Gasteiger partial charge in [0.25, 0.3) is 5.91 Å². The van der Waals surface area contributed by atoms with Crippen molar-refractivity contribution in [1.82, 2.24) is 20.3 Å². The number of benzene rings is 2. The lowest BCUT2D eigenvalue weighted by molar-refractivity contribution is 0.0945. The summed E-state index contributed by atoms with van der Waals surface area (Å²) in [6, 6.07) is 10.1. The first-order valence-electron chi connectivity index (χ1n) is 7.78. The molecule has 0 saturated heterocycles. The number of aromatic nitrogens is 3. The largest absolute Gasteiger partial charge is 0.347 e. The van der Waals surface area contributed by atoms with Gasteiger partial charge in [-0.2, -0.15) is 0 Å². The Bertz CT molecular complexity index is 989. The van der Waals surface area contributed by atoms with Crippen molar-refractivity contribution >= 4 is 33.4 Å². The number of rotatable bonds is 4. The van der Waals surface area contributed by atoms with Gasteiger partial charge < -0.3 is 5.32 Å². The van der Waals surface area contributed by atoms with Crippen molar-refractivity contribution < 1.29 is 9.18 Å². The van der Waals surface area contributed by atoms with Crippen LogP contribution in [0.4, 0.5) is 4.39 Å². The molecule has 2 aromatic carbocycles. The minimum atomic E-state index is -0.495. The SMILES string of the molecule is Cc1cc(-n2nnc(C(=O)NCc3ccc(F)c(Cl)c3)c2C)ccc1Br. The van der Waals surface area contributed by atoms with Crippen molar-refractivity contribution in [2.45, 2.75) is 20.4 Å². The van der Waals surface area contributed by atoms with E-state index < -0.39 is 5.82 Å². The van der Waals surface area contributed by atoms with Crippen LogP contribution < -0.4 is 5.32 Å². The van der Waals surface area contributed by atoms with E-state index >= 15 is 0 Å². The van der Waals surface area contributed by atoms with Crippen LogP contribution in [-0.4, -0.2) is 20.9 Å². The topological polar surface area (TPSA) is 59.8 Å². The maximum absolute atomic E-state index is 13.2. The van der Waals surface area contributed by atoms with E-state index in [0.29, 0.717) is 11.3 Å². The molecular weight excluding hydrogens is 423 g/mol. The minimum Gasteiger partial charge on any atom is -0.347 e. The van der Waals surface area contributed by atoms with Crippen molar-refractivity contribution in [3.8, 4) is 5.69 Å². The number of carbonyl (C=O) groups excluding carboxylic acids is 1. The summed E-state index contributed by atoms with van der Waals surface area (Å²) in [5.41, 5.74) is 3.43. The molecule has 3 rings (SSSR count). The highest BCUT2D eigenvalue weighted by atomic mass is 79.9. The average Bonchev–Trinajstić information content (AvgIpc) is 3.00. The monoisotopic (exact) mass is 436 g/mol. The lowest BCUT2D eigenvalue weighted by Gasteiger charge is -2.07. The highest BCUT2D eigenvalue weighted by molar-refractivity contribution is 9.10. The molecule has 1 aromatic heterocycles. The molecule has 26 heavy (non-hydrogen) atoms. The van der Waals surface area contributed by atoms with Gasteiger partial charge in [0.2, 0.25) is 0 Å². The van der Waals surface area contributed by atoms with Gasteiger partial charge in [0.1, 0.15) is 5.82 Å². The first-order valence-corrected chi connectivity index (χ1v) is 8.95. The Morgan fingerprint density at radius 1 is 1.27 bits per heavy atom. The minimum absolute atomic E-state index is 0.0180. The average molecular weight is 438 g/mol. The van der Waals surface area contributed by atoms with E-state index in [0.717, 1.165) is 15.7 Å². The zero-order chi connectivity index (χ0) is 18.8. The Balaban J connectivity index is 1.77. The van der Waals surface area contributed by atoms with Crippen LogP contribution in [0.1, 0.15) is 27.3 Å². The van der Waals surface area contributed by atoms with E-state index in [9.17, 15) is 9.18 Å². The summed E-state index contributed by atoms with van der Waals surface area (Å²) in [5, 5.41) is 10.8. The fraction of sp³-hybridized carbons (Fsp3) is 0.167. The van der Waals surface area contributed by atoms with Crippen LogP contribution in [-0.2, 0) is 6.54 Å². The summed E-state index contributed by atoms with van der Waals surface area (Å²) in [5.74, 6) is -0.853. The van der Waals surface area contributed by atoms with Crippen molar-refractivity contribution in [3.05, 3.63) is 74.2 Å². The van der Waals surface area contributed by atoms with E-state index in [1.165, 1.54) is 12.1 Å². The van der Waals surface area contributed by atoms with Crippen LogP contribution in [0, 0.1) is 19.7 Å². The molecule has 1 N–H and O–H groups in total. The van der Waals surface area contributed by atoms with Gasteiger partial charge in [0, 0.05) is 11.0 Å². The van der Waals surface area contributed by atoms with Gasteiger partial charge in [-0.05, 0) is 55.3 Å². The summed E-state index contributed by atoms with van der Waals surface area (Å²) in [6.45, 7) is 3.96. The first-order chi connectivity index (χ1) is 12.4. The molecule has 0 radical (unpaired) electrons. The summed E-state index contributed by atoms with van der Waals surface area (Å²) in [6.07, 6.45) is 0. The Morgan fingerprint density at radius 3 is 2.73 bits per heavy atom. The number of halogens is 3.